The van der Waals surface area contributed by atoms with E-state index in [0.29, 0.717) is 24.4 Å². The number of likely N-dealkylation sites (tertiary alicyclic amines) is 1. The third-order valence-corrected chi connectivity index (χ3v) is 13.1. The van der Waals surface area contributed by atoms with Gasteiger partial charge in [0.25, 0.3) is 5.69 Å². The van der Waals surface area contributed by atoms with Gasteiger partial charge in [0.1, 0.15) is 5.15 Å². The van der Waals surface area contributed by atoms with Gasteiger partial charge in [-0.15, -0.1) is 0 Å². The molecule has 3 rings (SSSR count). The summed E-state index contributed by atoms with van der Waals surface area (Å²) >= 11 is 6.14. The SMILES string of the molecule is CC(C)(C)[C@@]1([C@H](O[Si](C)(C)C(C)(C)C)c2ccc(Cl)nc2)CC[C@@H](Cc2ccc([N+](=O)[O-])cc2)N1C(=O)O. The van der Waals surface area contributed by atoms with Gasteiger partial charge < -0.3 is 9.53 Å². The van der Waals surface area contributed by atoms with Gasteiger partial charge in [0.2, 0.25) is 0 Å². The molecular formula is C28H40ClN3O5Si. The van der Waals surface area contributed by atoms with Gasteiger partial charge in [0, 0.05) is 29.9 Å². The minimum absolute atomic E-state index is 0.0115. The quantitative estimate of drug-likeness (QED) is 0.159. The molecule has 8 nitrogen and oxygen atoms in total. The summed E-state index contributed by atoms with van der Waals surface area (Å²) in [6.45, 7) is 17.1. The van der Waals surface area contributed by atoms with Crippen LogP contribution in [0.4, 0.5) is 10.5 Å². The number of nitrogens with zero attached hydrogens (tertiary/aromatic N) is 3. The number of nitro groups is 1. The lowest BCUT2D eigenvalue weighted by molar-refractivity contribution is -0.384. The summed E-state index contributed by atoms with van der Waals surface area (Å²) in [5.41, 5.74) is 0.276. The molecule has 1 amide bonds. The first kappa shape index (κ1) is 30.1. The van der Waals surface area contributed by atoms with Gasteiger partial charge in [0.15, 0.2) is 8.32 Å². The highest BCUT2D eigenvalue weighted by Gasteiger charge is 2.61. The average Bonchev–Trinajstić information content (AvgIpc) is 3.18. The number of hydrogen-bond acceptors (Lipinski definition) is 5. The van der Waals surface area contributed by atoms with Crippen molar-refractivity contribution in [3.05, 3.63) is 69.0 Å². The molecule has 2 heterocycles. The van der Waals surface area contributed by atoms with Crippen molar-refractivity contribution in [1.82, 2.24) is 9.88 Å². The molecular weight excluding hydrogens is 522 g/mol. The molecule has 1 aliphatic heterocycles. The number of amides is 1. The maximum Gasteiger partial charge on any atom is 0.408 e. The zero-order valence-electron chi connectivity index (χ0n) is 23.6. The van der Waals surface area contributed by atoms with Crippen LogP contribution in [0.3, 0.4) is 0 Å². The Morgan fingerprint density at radius 3 is 2.26 bits per heavy atom. The normalized spacial score (nSPS) is 21.4. The number of halogens is 1. The molecule has 1 N–H and O–H groups in total. The molecule has 0 saturated carbocycles. The zero-order valence-corrected chi connectivity index (χ0v) is 25.4. The summed E-state index contributed by atoms with van der Waals surface area (Å²) in [5, 5.41) is 22.1. The number of carboxylic acid groups (broad SMARTS) is 1. The van der Waals surface area contributed by atoms with Crippen LogP contribution in [0, 0.1) is 15.5 Å². The number of aromatic nitrogens is 1. The van der Waals surface area contributed by atoms with Crippen LogP contribution < -0.4 is 0 Å². The second kappa shape index (κ2) is 10.6. The molecule has 10 heteroatoms. The van der Waals surface area contributed by atoms with E-state index in [9.17, 15) is 20.0 Å². The Morgan fingerprint density at radius 1 is 1.21 bits per heavy atom. The van der Waals surface area contributed by atoms with Gasteiger partial charge in [0.05, 0.1) is 16.6 Å². The average molecular weight is 562 g/mol. The van der Waals surface area contributed by atoms with E-state index in [1.807, 2.05) is 6.07 Å². The molecule has 0 spiro atoms. The van der Waals surface area contributed by atoms with Crippen molar-refractivity contribution in [2.45, 2.75) is 96.6 Å². The maximum atomic E-state index is 13.1. The Morgan fingerprint density at radius 2 is 1.82 bits per heavy atom. The van der Waals surface area contributed by atoms with Crippen LogP contribution in [0.2, 0.25) is 23.3 Å². The first-order valence-corrected chi connectivity index (χ1v) is 16.2. The third kappa shape index (κ3) is 5.74. The molecule has 0 aliphatic carbocycles. The van der Waals surface area contributed by atoms with Gasteiger partial charge in [-0.2, -0.15) is 0 Å². The largest absolute Gasteiger partial charge is 0.465 e. The van der Waals surface area contributed by atoms with Gasteiger partial charge in [-0.05, 0) is 54.4 Å². The number of nitro benzene ring substituents is 1. The molecule has 1 aromatic carbocycles. The van der Waals surface area contributed by atoms with Crippen LogP contribution >= 0.6 is 11.6 Å². The Balaban J connectivity index is 2.16. The van der Waals surface area contributed by atoms with Gasteiger partial charge in [-0.1, -0.05) is 71.3 Å². The van der Waals surface area contributed by atoms with Crippen molar-refractivity contribution in [3.8, 4) is 0 Å². The van der Waals surface area contributed by atoms with Crippen LogP contribution in [-0.2, 0) is 10.8 Å². The number of benzene rings is 1. The topological polar surface area (TPSA) is 106 Å². The molecule has 0 unspecified atom stereocenters. The number of non-ortho nitro benzene ring substituents is 1. The van der Waals surface area contributed by atoms with E-state index in [4.69, 9.17) is 16.0 Å². The smallest absolute Gasteiger partial charge is 0.408 e. The second-order valence-corrected chi connectivity index (χ2v) is 18.0. The molecule has 1 aromatic heterocycles. The van der Waals surface area contributed by atoms with Crippen LogP contribution in [0.5, 0.6) is 0 Å². The van der Waals surface area contributed by atoms with Crippen molar-refractivity contribution in [3.63, 3.8) is 0 Å². The summed E-state index contributed by atoms with van der Waals surface area (Å²) in [4.78, 5) is 29.7. The molecule has 3 atom stereocenters. The molecule has 1 saturated heterocycles. The zero-order chi connectivity index (χ0) is 28.7. The first-order valence-electron chi connectivity index (χ1n) is 13.0. The molecule has 1 aliphatic rings. The number of rotatable bonds is 7. The highest BCUT2D eigenvalue weighted by molar-refractivity contribution is 6.74. The minimum atomic E-state index is -2.38. The van der Waals surface area contributed by atoms with Crippen LogP contribution in [-0.4, -0.2) is 45.9 Å². The van der Waals surface area contributed by atoms with Crippen LogP contribution in [0.25, 0.3) is 0 Å². The monoisotopic (exact) mass is 561 g/mol. The number of carbonyl (C=O) groups is 1. The van der Waals surface area contributed by atoms with E-state index in [1.165, 1.54) is 12.1 Å². The van der Waals surface area contributed by atoms with E-state index < -0.39 is 36.4 Å². The third-order valence-electron chi connectivity index (χ3n) is 8.48. The van der Waals surface area contributed by atoms with E-state index >= 15 is 0 Å². The predicted molar refractivity (Wildman–Crippen MR) is 152 cm³/mol. The fourth-order valence-electron chi connectivity index (χ4n) is 5.35. The standard InChI is InChI=1S/C28H40ClN3O5Si/c1-26(2,3)28(24(20-11-14-23(29)30-18-20)37-38(7,8)27(4,5)6)16-15-22(31(28)25(33)34)17-19-9-12-21(13-10-19)32(35)36/h9-14,18,22,24H,15-17H2,1-8H3,(H,33,34)/t22-,24+,28-/m0/s1. The Kier molecular flexibility index (Phi) is 8.37. The molecule has 2 aromatic rings. The van der Waals surface area contributed by atoms with Crippen LogP contribution in [0.15, 0.2) is 42.6 Å². The lowest BCUT2D eigenvalue weighted by Gasteiger charge is -2.55. The van der Waals surface area contributed by atoms with E-state index in [-0.39, 0.29) is 16.8 Å². The Bertz CT molecular complexity index is 1160. The second-order valence-electron chi connectivity index (χ2n) is 12.8. The highest BCUT2D eigenvalue weighted by Crippen LogP contribution is 2.56. The van der Waals surface area contributed by atoms with E-state index in [0.717, 1.165) is 11.1 Å². The van der Waals surface area contributed by atoms with Crippen molar-refractivity contribution in [1.29, 1.82) is 0 Å². The fraction of sp³-hybridized carbons (Fsp3) is 0.571. The molecule has 38 heavy (non-hydrogen) atoms. The van der Waals surface area contributed by atoms with E-state index in [2.05, 4.69) is 59.6 Å². The van der Waals surface area contributed by atoms with Crippen molar-refractivity contribution < 1.29 is 19.3 Å². The molecule has 0 bridgehead atoms. The van der Waals surface area contributed by atoms with E-state index in [1.54, 1.807) is 29.3 Å². The van der Waals surface area contributed by atoms with Gasteiger partial charge in [-0.3, -0.25) is 15.0 Å². The van der Waals surface area contributed by atoms with Gasteiger partial charge >= 0.3 is 6.09 Å². The Hall–Kier alpha value is -2.49. The van der Waals surface area contributed by atoms with Gasteiger partial charge in [-0.25, -0.2) is 9.78 Å². The molecule has 0 radical (unpaired) electrons. The van der Waals surface area contributed by atoms with Crippen molar-refractivity contribution in [2.75, 3.05) is 0 Å². The van der Waals surface area contributed by atoms with Crippen LogP contribution in [0.1, 0.15) is 71.6 Å². The Labute approximate surface area is 231 Å². The summed E-state index contributed by atoms with van der Waals surface area (Å²) in [5.74, 6) is 0. The highest BCUT2D eigenvalue weighted by atomic mass is 35.5. The number of hydrogen-bond donors (Lipinski definition) is 1. The summed E-state index contributed by atoms with van der Waals surface area (Å²) < 4.78 is 7.14. The molecule has 1 fully saturated rings. The summed E-state index contributed by atoms with van der Waals surface area (Å²) in [6.07, 6.45) is 1.83. The lowest BCUT2D eigenvalue weighted by atomic mass is 9.67. The summed E-state index contributed by atoms with van der Waals surface area (Å²) in [6, 6.07) is 9.65. The predicted octanol–water partition coefficient (Wildman–Crippen LogP) is 7.88. The lowest BCUT2D eigenvalue weighted by Crippen LogP contribution is -2.63. The maximum absolute atomic E-state index is 13.1. The number of pyridine rings is 1. The first-order chi connectivity index (χ1) is 17.4. The summed E-state index contributed by atoms with van der Waals surface area (Å²) in [7, 11) is -2.38. The minimum Gasteiger partial charge on any atom is -0.465 e. The van der Waals surface area contributed by atoms with Crippen molar-refractivity contribution in [2.24, 2.45) is 5.41 Å². The molecule has 208 valence electrons. The van der Waals surface area contributed by atoms with Crippen molar-refractivity contribution >= 4 is 31.7 Å². The fourth-order valence-corrected chi connectivity index (χ4v) is 6.74.